The molecule has 0 aromatic carbocycles. The topological polar surface area (TPSA) is 80.0 Å². The number of pyridine rings is 1. The van der Waals surface area contributed by atoms with E-state index in [2.05, 4.69) is 15.3 Å². The molecule has 118 valence electrons. The largest absolute Gasteiger partial charge is 0.383 e. The van der Waals surface area contributed by atoms with Gasteiger partial charge in [0.25, 0.3) is 5.91 Å². The van der Waals surface area contributed by atoms with Crippen LogP contribution in [0.5, 0.6) is 0 Å². The Morgan fingerprint density at radius 1 is 1.43 bits per heavy atom. The molecule has 6 nitrogen and oxygen atoms in total. The van der Waals surface area contributed by atoms with Gasteiger partial charge in [0.15, 0.2) is 0 Å². The van der Waals surface area contributed by atoms with Crippen molar-refractivity contribution in [2.45, 2.75) is 12.5 Å². The summed E-state index contributed by atoms with van der Waals surface area (Å²) in [6.07, 6.45) is 6.59. The van der Waals surface area contributed by atoms with Crippen LogP contribution < -0.4 is 5.32 Å². The number of aliphatic hydroxyl groups is 1. The summed E-state index contributed by atoms with van der Waals surface area (Å²) in [6.45, 7) is 1.82. The molecule has 0 fully saturated rings. The van der Waals surface area contributed by atoms with E-state index in [0.717, 1.165) is 4.88 Å². The predicted molar refractivity (Wildman–Crippen MR) is 87.6 cm³/mol. The van der Waals surface area contributed by atoms with Crippen molar-refractivity contribution in [3.63, 3.8) is 0 Å². The van der Waals surface area contributed by atoms with Crippen LogP contribution in [-0.4, -0.2) is 32.1 Å². The zero-order chi connectivity index (χ0) is 16.3. The molecule has 1 atom stereocenters. The molecule has 0 bridgehead atoms. The van der Waals surface area contributed by atoms with Crippen molar-refractivity contribution in [2.24, 2.45) is 0 Å². The van der Waals surface area contributed by atoms with E-state index in [1.807, 2.05) is 17.5 Å². The Labute approximate surface area is 137 Å². The molecule has 7 heteroatoms. The second-order valence-electron chi connectivity index (χ2n) is 5.31. The number of imidazole rings is 1. The number of hydrogen-bond donors (Lipinski definition) is 2. The van der Waals surface area contributed by atoms with Gasteiger partial charge in [0.2, 0.25) is 0 Å². The third-order valence-electron chi connectivity index (χ3n) is 3.42. The van der Waals surface area contributed by atoms with Crippen LogP contribution in [0.1, 0.15) is 22.2 Å². The van der Waals surface area contributed by atoms with Crippen LogP contribution in [0.15, 0.2) is 54.6 Å². The summed E-state index contributed by atoms with van der Waals surface area (Å²) in [5.41, 5.74) is -0.616. The summed E-state index contributed by atoms with van der Waals surface area (Å²) < 4.78 is 1.72. The number of nitrogens with one attached hydrogen (secondary N) is 1. The summed E-state index contributed by atoms with van der Waals surface area (Å²) in [4.78, 5) is 21.3. The molecule has 3 heterocycles. The number of amides is 1. The number of nitrogens with zero attached hydrogens (tertiary/aromatic N) is 3. The van der Waals surface area contributed by atoms with Crippen molar-refractivity contribution >= 4 is 17.2 Å². The highest BCUT2D eigenvalue weighted by molar-refractivity contribution is 7.10. The second kappa shape index (κ2) is 6.31. The van der Waals surface area contributed by atoms with Crippen molar-refractivity contribution in [1.82, 2.24) is 19.9 Å². The first-order chi connectivity index (χ1) is 11.1. The van der Waals surface area contributed by atoms with Gasteiger partial charge < -0.3 is 10.4 Å². The zero-order valence-corrected chi connectivity index (χ0v) is 13.3. The van der Waals surface area contributed by atoms with Gasteiger partial charge in [0.05, 0.1) is 6.54 Å². The molecule has 0 aliphatic rings. The van der Waals surface area contributed by atoms with Crippen molar-refractivity contribution in [1.29, 1.82) is 0 Å². The monoisotopic (exact) mass is 328 g/mol. The first kappa shape index (κ1) is 15.4. The van der Waals surface area contributed by atoms with Crippen LogP contribution >= 0.6 is 11.3 Å². The van der Waals surface area contributed by atoms with Gasteiger partial charge in [-0.15, -0.1) is 11.3 Å². The minimum absolute atomic E-state index is 0.134. The van der Waals surface area contributed by atoms with Gasteiger partial charge in [-0.25, -0.2) is 9.97 Å². The van der Waals surface area contributed by atoms with Crippen molar-refractivity contribution < 1.29 is 9.90 Å². The lowest BCUT2D eigenvalue weighted by Crippen LogP contribution is -2.38. The number of carbonyl (C=O) groups excluding carboxylic acids is 1. The molecule has 0 saturated heterocycles. The third kappa shape index (κ3) is 3.46. The molecule has 23 heavy (non-hydrogen) atoms. The molecule has 2 N–H and O–H groups in total. The Hall–Kier alpha value is -2.51. The molecule has 0 spiro atoms. The maximum Gasteiger partial charge on any atom is 0.251 e. The molecular weight excluding hydrogens is 312 g/mol. The van der Waals surface area contributed by atoms with Gasteiger partial charge in [0, 0.05) is 29.0 Å². The number of hydrogen-bond acceptors (Lipinski definition) is 5. The summed E-state index contributed by atoms with van der Waals surface area (Å²) in [5, 5.41) is 15.1. The maximum absolute atomic E-state index is 12.3. The van der Waals surface area contributed by atoms with Crippen LogP contribution in [0, 0.1) is 0 Å². The molecule has 3 aromatic rings. The van der Waals surface area contributed by atoms with Gasteiger partial charge in [-0.3, -0.25) is 9.36 Å². The maximum atomic E-state index is 12.3. The van der Waals surface area contributed by atoms with Crippen LogP contribution in [0.4, 0.5) is 0 Å². The molecule has 0 aliphatic carbocycles. The number of aromatic nitrogens is 3. The highest BCUT2D eigenvalue weighted by atomic mass is 32.1. The van der Waals surface area contributed by atoms with Gasteiger partial charge in [-0.2, -0.15) is 0 Å². The molecule has 1 amide bonds. The van der Waals surface area contributed by atoms with Crippen LogP contribution in [0.25, 0.3) is 5.82 Å². The van der Waals surface area contributed by atoms with E-state index in [1.165, 1.54) is 11.3 Å². The molecule has 0 radical (unpaired) electrons. The Kier molecular flexibility index (Phi) is 4.22. The zero-order valence-electron chi connectivity index (χ0n) is 12.5. The Morgan fingerprint density at radius 2 is 2.30 bits per heavy atom. The normalized spacial score (nSPS) is 13.5. The van der Waals surface area contributed by atoms with Crippen LogP contribution in [0.3, 0.4) is 0 Å². The van der Waals surface area contributed by atoms with E-state index < -0.39 is 5.60 Å². The fraction of sp³-hybridized carbons (Fsp3) is 0.188. The summed E-state index contributed by atoms with van der Waals surface area (Å²) in [6, 6.07) is 7.03. The predicted octanol–water partition coefficient (Wildman–Crippen LogP) is 1.97. The highest BCUT2D eigenvalue weighted by Crippen LogP contribution is 2.24. The molecule has 1 unspecified atom stereocenters. The average Bonchev–Trinajstić information content (AvgIpc) is 3.25. The lowest BCUT2D eigenvalue weighted by molar-refractivity contribution is 0.0556. The summed E-state index contributed by atoms with van der Waals surface area (Å²) in [7, 11) is 0. The fourth-order valence-corrected chi connectivity index (χ4v) is 2.91. The van der Waals surface area contributed by atoms with E-state index in [4.69, 9.17) is 0 Å². The fourth-order valence-electron chi connectivity index (χ4n) is 2.12. The number of carbonyl (C=O) groups is 1. The highest BCUT2D eigenvalue weighted by Gasteiger charge is 2.25. The minimum atomic E-state index is -1.09. The van der Waals surface area contributed by atoms with E-state index in [-0.39, 0.29) is 12.5 Å². The van der Waals surface area contributed by atoms with E-state index >= 15 is 0 Å². The lowest BCUT2D eigenvalue weighted by atomic mass is 10.1. The molecule has 0 aliphatic heterocycles. The Morgan fingerprint density at radius 3 is 3.00 bits per heavy atom. The summed E-state index contributed by atoms with van der Waals surface area (Å²) >= 11 is 1.46. The van der Waals surface area contributed by atoms with Gasteiger partial charge in [-0.1, -0.05) is 6.07 Å². The number of thiophene rings is 1. The third-order valence-corrected chi connectivity index (χ3v) is 4.54. The molecule has 3 aromatic heterocycles. The van der Waals surface area contributed by atoms with Crippen molar-refractivity contribution in [3.05, 3.63) is 65.0 Å². The smallest absolute Gasteiger partial charge is 0.251 e. The quantitative estimate of drug-likeness (QED) is 0.750. The lowest BCUT2D eigenvalue weighted by Gasteiger charge is -2.22. The standard InChI is InChI=1S/C16H16N4O2S/c1-16(22,13-3-2-8-23-13)10-19-15(21)12-4-5-18-14(9-12)20-7-6-17-11-20/h2-9,11,22H,10H2,1H3,(H,19,21). The van der Waals surface area contributed by atoms with E-state index in [1.54, 1.807) is 48.5 Å². The van der Waals surface area contributed by atoms with Crippen molar-refractivity contribution in [2.75, 3.05) is 6.54 Å². The first-order valence-corrected chi connectivity index (χ1v) is 7.93. The Balaban J connectivity index is 1.70. The van der Waals surface area contributed by atoms with Crippen LogP contribution in [-0.2, 0) is 5.60 Å². The molecular formula is C16H16N4O2S. The number of rotatable bonds is 5. The SMILES string of the molecule is CC(O)(CNC(=O)c1ccnc(-n2ccnc2)c1)c1cccs1. The summed E-state index contributed by atoms with van der Waals surface area (Å²) in [5.74, 6) is 0.353. The molecule has 0 saturated carbocycles. The average molecular weight is 328 g/mol. The van der Waals surface area contributed by atoms with Gasteiger partial charge in [-0.05, 0) is 30.5 Å². The van der Waals surface area contributed by atoms with E-state index in [9.17, 15) is 9.90 Å². The van der Waals surface area contributed by atoms with E-state index in [0.29, 0.717) is 11.4 Å². The molecule has 3 rings (SSSR count). The van der Waals surface area contributed by atoms with Gasteiger partial charge in [0.1, 0.15) is 17.7 Å². The first-order valence-electron chi connectivity index (χ1n) is 7.05. The Bertz CT molecular complexity index is 782. The van der Waals surface area contributed by atoms with Gasteiger partial charge >= 0.3 is 0 Å². The second-order valence-corrected chi connectivity index (χ2v) is 6.25. The van der Waals surface area contributed by atoms with Crippen LogP contribution in [0.2, 0.25) is 0 Å². The van der Waals surface area contributed by atoms with Crippen molar-refractivity contribution in [3.8, 4) is 5.82 Å². The minimum Gasteiger partial charge on any atom is -0.383 e.